The van der Waals surface area contributed by atoms with Gasteiger partial charge in [0.15, 0.2) is 0 Å². The summed E-state index contributed by atoms with van der Waals surface area (Å²) in [5, 5.41) is 3.72. The summed E-state index contributed by atoms with van der Waals surface area (Å²) in [6, 6.07) is 18.0. The third-order valence-electron chi connectivity index (χ3n) is 3.92. The number of nitrogens with zero attached hydrogens (tertiary/aromatic N) is 1. The molecule has 3 rings (SSSR count). The number of benzene rings is 2. The van der Waals surface area contributed by atoms with E-state index in [9.17, 15) is 4.79 Å². The van der Waals surface area contributed by atoms with Gasteiger partial charge in [0.2, 0.25) is 0 Å². The fourth-order valence-corrected chi connectivity index (χ4v) is 2.77. The summed E-state index contributed by atoms with van der Waals surface area (Å²) in [4.78, 5) is 16.9. The van der Waals surface area contributed by atoms with E-state index in [1.54, 1.807) is 36.7 Å². The number of hydrogen-bond acceptors (Lipinski definition) is 3. The fraction of sp³-hybridized carbons (Fsp3) is 0.143. The number of nitrogens with one attached hydrogen (secondary N) is 1. The summed E-state index contributed by atoms with van der Waals surface area (Å²) in [6.07, 6.45) is 3.45. The predicted molar refractivity (Wildman–Crippen MR) is 103 cm³/mol. The van der Waals surface area contributed by atoms with Gasteiger partial charge in [-0.1, -0.05) is 29.8 Å². The van der Waals surface area contributed by atoms with Crippen LogP contribution in [-0.2, 0) is 0 Å². The first kappa shape index (κ1) is 18.0. The number of carbonyl (C=O) groups excluding carboxylic acids is 1. The van der Waals surface area contributed by atoms with Crippen LogP contribution in [0.3, 0.4) is 0 Å². The van der Waals surface area contributed by atoms with E-state index in [1.807, 2.05) is 43.3 Å². The van der Waals surface area contributed by atoms with Gasteiger partial charge >= 0.3 is 0 Å². The van der Waals surface area contributed by atoms with Crippen LogP contribution in [0.4, 0.5) is 0 Å². The van der Waals surface area contributed by atoms with Gasteiger partial charge in [0.1, 0.15) is 5.75 Å². The van der Waals surface area contributed by atoms with E-state index in [2.05, 4.69) is 10.3 Å². The number of pyridine rings is 1. The van der Waals surface area contributed by atoms with E-state index in [-0.39, 0.29) is 11.9 Å². The van der Waals surface area contributed by atoms with Crippen molar-refractivity contribution >= 4 is 17.5 Å². The van der Waals surface area contributed by atoms with Gasteiger partial charge in [-0.25, -0.2) is 0 Å². The molecule has 3 aromatic rings. The van der Waals surface area contributed by atoms with Crippen LogP contribution in [0.1, 0.15) is 34.5 Å². The first-order valence-electron chi connectivity index (χ1n) is 8.36. The molecule has 2 aromatic carbocycles. The lowest BCUT2D eigenvalue weighted by Gasteiger charge is -2.20. The average molecular weight is 367 g/mol. The van der Waals surface area contributed by atoms with Crippen LogP contribution >= 0.6 is 11.6 Å². The maximum Gasteiger partial charge on any atom is 0.252 e. The number of hydrogen-bond donors (Lipinski definition) is 1. The number of carbonyl (C=O) groups is 1. The van der Waals surface area contributed by atoms with Crippen molar-refractivity contribution in [1.29, 1.82) is 0 Å². The first-order valence-corrected chi connectivity index (χ1v) is 8.74. The molecule has 1 atom stereocenters. The van der Waals surface area contributed by atoms with Gasteiger partial charge in [0, 0.05) is 23.0 Å². The molecule has 0 spiro atoms. The minimum absolute atomic E-state index is 0.170. The fourth-order valence-electron chi connectivity index (χ4n) is 2.64. The monoisotopic (exact) mass is 366 g/mol. The van der Waals surface area contributed by atoms with Crippen molar-refractivity contribution in [2.75, 3.05) is 6.61 Å². The molecule has 4 nitrogen and oxygen atoms in total. The smallest absolute Gasteiger partial charge is 0.252 e. The van der Waals surface area contributed by atoms with Gasteiger partial charge in [-0.15, -0.1) is 0 Å². The van der Waals surface area contributed by atoms with Gasteiger partial charge in [-0.3, -0.25) is 9.78 Å². The molecule has 1 N–H and O–H groups in total. The average Bonchev–Trinajstić information content (AvgIpc) is 2.68. The van der Waals surface area contributed by atoms with Crippen LogP contribution in [0.2, 0.25) is 5.02 Å². The zero-order valence-electron chi connectivity index (χ0n) is 14.4. The molecule has 0 aliphatic rings. The minimum atomic E-state index is -0.319. The van der Waals surface area contributed by atoms with Gasteiger partial charge in [0.05, 0.1) is 12.6 Å². The molecular weight excluding hydrogens is 348 g/mol. The second-order valence-electron chi connectivity index (χ2n) is 5.70. The maximum atomic E-state index is 12.7. The highest BCUT2D eigenvalue weighted by Gasteiger charge is 2.18. The Labute approximate surface area is 157 Å². The zero-order chi connectivity index (χ0) is 18.4. The Morgan fingerprint density at radius 2 is 1.81 bits per heavy atom. The summed E-state index contributed by atoms with van der Waals surface area (Å²) in [6.45, 7) is 2.51. The normalized spacial score (nSPS) is 11.6. The Balaban J connectivity index is 1.85. The highest BCUT2D eigenvalue weighted by molar-refractivity contribution is 6.30. The molecule has 132 valence electrons. The van der Waals surface area contributed by atoms with Crippen molar-refractivity contribution in [3.05, 3.63) is 94.8 Å². The third-order valence-corrected chi connectivity index (χ3v) is 4.18. The van der Waals surface area contributed by atoms with Crippen molar-refractivity contribution in [1.82, 2.24) is 10.3 Å². The molecule has 0 aliphatic heterocycles. The SMILES string of the molecule is CCOc1ccc(C(=O)N[C@H](c2ccc(Cl)cc2)c2cccnc2)cc1. The number of halogens is 1. The Hall–Kier alpha value is -2.85. The number of rotatable bonds is 6. The Morgan fingerprint density at radius 3 is 2.42 bits per heavy atom. The van der Waals surface area contributed by atoms with Crippen LogP contribution in [0, 0.1) is 0 Å². The number of amides is 1. The molecule has 5 heteroatoms. The molecule has 0 fully saturated rings. The minimum Gasteiger partial charge on any atom is -0.494 e. The summed E-state index contributed by atoms with van der Waals surface area (Å²) in [5.74, 6) is 0.572. The van der Waals surface area contributed by atoms with Gasteiger partial charge in [-0.2, -0.15) is 0 Å². The largest absolute Gasteiger partial charge is 0.494 e. The maximum absolute atomic E-state index is 12.7. The van der Waals surface area contributed by atoms with Crippen molar-refractivity contribution < 1.29 is 9.53 Å². The van der Waals surface area contributed by atoms with Crippen molar-refractivity contribution in [2.24, 2.45) is 0 Å². The summed E-state index contributed by atoms with van der Waals surface area (Å²) in [5.41, 5.74) is 2.40. The van der Waals surface area contributed by atoms with E-state index in [0.29, 0.717) is 17.2 Å². The van der Waals surface area contributed by atoms with Crippen molar-refractivity contribution in [3.63, 3.8) is 0 Å². The molecule has 0 bridgehead atoms. The second kappa shape index (κ2) is 8.50. The Kier molecular flexibility index (Phi) is 5.87. The second-order valence-corrected chi connectivity index (χ2v) is 6.14. The lowest BCUT2D eigenvalue weighted by molar-refractivity contribution is 0.0943. The molecule has 1 amide bonds. The summed E-state index contributed by atoms with van der Waals surface area (Å²) >= 11 is 5.99. The number of ether oxygens (including phenoxy) is 1. The van der Waals surface area contributed by atoms with Crippen molar-refractivity contribution in [3.8, 4) is 5.75 Å². The molecule has 1 heterocycles. The van der Waals surface area contributed by atoms with Crippen LogP contribution < -0.4 is 10.1 Å². The highest BCUT2D eigenvalue weighted by atomic mass is 35.5. The van der Waals surface area contributed by atoms with Crippen LogP contribution in [0.5, 0.6) is 5.75 Å². The molecule has 0 radical (unpaired) electrons. The van der Waals surface area contributed by atoms with E-state index < -0.39 is 0 Å². The molecule has 26 heavy (non-hydrogen) atoms. The quantitative estimate of drug-likeness (QED) is 0.690. The standard InChI is InChI=1S/C21H19ClN2O2/c1-2-26-19-11-7-16(8-12-19)21(25)24-20(17-4-3-13-23-14-17)15-5-9-18(22)10-6-15/h3-14,20H,2H2,1H3,(H,24,25)/t20-/m1/s1. The van der Waals surface area contributed by atoms with E-state index in [0.717, 1.165) is 16.9 Å². The van der Waals surface area contributed by atoms with E-state index >= 15 is 0 Å². The van der Waals surface area contributed by atoms with Crippen molar-refractivity contribution in [2.45, 2.75) is 13.0 Å². The highest BCUT2D eigenvalue weighted by Crippen LogP contribution is 2.24. The molecule has 0 unspecified atom stereocenters. The van der Waals surface area contributed by atoms with Crippen LogP contribution in [0.15, 0.2) is 73.1 Å². The predicted octanol–water partition coefficient (Wildman–Crippen LogP) is 4.65. The van der Waals surface area contributed by atoms with Gasteiger partial charge in [0.25, 0.3) is 5.91 Å². The van der Waals surface area contributed by atoms with E-state index in [4.69, 9.17) is 16.3 Å². The van der Waals surface area contributed by atoms with Gasteiger partial charge < -0.3 is 10.1 Å². The number of aromatic nitrogens is 1. The summed E-state index contributed by atoms with van der Waals surface area (Å²) in [7, 11) is 0. The van der Waals surface area contributed by atoms with Crippen LogP contribution in [0.25, 0.3) is 0 Å². The third kappa shape index (κ3) is 4.41. The summed E-state index contributed by atoms with van der Waals surface area (Å²) < 4.78 is 5.42. The molecule has 0 saturated heterocycles. The molecule has 1 aromatic heterocycles. The Morgan fingerprint density at radius 1 is 1.08 bits per heavy atom. The Bertz CT molecular complexity index is 849. The lowest BCUT2D eigenvalue weighted by Crippen LogP contribution is -2.29. The first-order chi connectivity index (χ1) is 12.7. The van der Waals surface area contributed by atoms with Gasteiger partial charge in [-0.05, 0) is 60.5 Å². The van der Waals surface area contributed by atoms with Crippen LogP contribution in [-0.4, -0.2) is 17.5 Å². The topological polar surface area (TPSA) is 51.2 Å². The zero-order valence-corrected chi connectivity index (χ0v) is 15.1. The molecular formula is C21H19ClN2O2. The lowest BCUT2D eigenvalue weighted by atomic mass is 9.99. The molecule has 0 aliphatic carbocycles. The van der Waals surface area contributed by atoms with E-state index in [1.165, 1.54) is 0 Å². The molecule has 0 saturated carbocycles.